The van der Waals surface area contributed by atoms with Gasteiger partial charge in [-0.1, -0.05) is 13.8 Å². The third-order valence-electron chi connectivity index (χ3n) is 3.91. The van der Waals surface area contributed by atoms with Gasteiger partial charge in [-0.3, -0.25) is 4.79 Å². The van der Waals surface area contributed by atoms with Gasteiger partial charge >= 0.3 is 6.61 Å². The van der Waals surface area contributed by atoms with Crippen molar-refractivity contribution >= 4 is 5.78 Å². The Bertz CT molecular complexity index is 446. The Labute approximate surface area is 118 Å². The minimum Gasteiger partial charge on any atom is -0.435 e. The Morgan fingerprint density at radius 3 is 2.15 bits per heavy atom. The minimum absolute atomic E-state index is 0.0515. The molecule has 0 N–H and O–H groups in total. The molecule has 0 aliphatic heterocycles. The topological polar surface area (TPSA) is 26.3 Å². The van der Waals surface area contributed by atoms with Gasteiger partial charge in [0.2, 0.25) is 0 Å². The van der Waals surface area contributed by atoms with Crippen molar-refractivity contribution in [2.75, 3.05) is 0 Å². The number of rotatable bonds is 4. The number of hydrogen-bond acceptors (Lipinski definition) is 2. The predicted molar refractivity (Wildman–Crippen MR) is 73.1 cm³/mol. The molecule has 4 heteroatoms. The highest BCUT2D eigenvalue weighted by molar-refractivity contribution is 5.98. The number of ketones is 1. The maximum absolute atomic E-state index is 12.4. The Morgan fingerprint density at radius 2 is 1.65 bits per heavy atom. The molecule has 1 aromatic carbocycles. The van der Waals surface area contributed by atoms with Crippen LogP contribution in [0.5, 0.6) is 5.75 Å². The highest BCUT2D eigenvalue weighted by Gasteiger charge is 2.29. The average Bonchev–Trinajstić information content (AvgIpc) is 2.37. The lowest BCUT2D eigenvalue weighted by Crippen LogP contribution is -2.26. The molecule has 2 nitrogen and oxygen atoms in total. The third-order valence-corrected chi connectivity index (χ3v) is 3.91. The summed E-state index contributed by atoms with van der Waals surface area (Å²) in [6, 6.07) is 6.00. The molecule has 110 valence electrons. The van der Waals surface area contributed by atoms with E-state index in [1.54, 1.807) is 12.1 Å². The molecule has 0 heterocycles. The van der Waals surface area contributed by atoms with Crippen LogP contribution in [0.3, 0.4) is 0 Å². The van der Waals surface area contributed by atoms with E-state index in [4.69, 9.17) is 0 Å². The van der Waals surface area contributed by atoms with Crippen LogP contribution in [0.2, 0.25) is 0 Å². The first kappa shape index (κ1) is 14.9. The van der Waals surface area contributed by atoms with E-state index in [0.717, 1.165) is 12.8 Å². The van der Waals surface area contributed by atoms with Gasteiger partial charge in [-0.25, -0.2) is 0 Å². The first-order valence-corrected chi connectivity index (χ1v) is 7.04. The van der Waals surface area contributed by atoms with Crippen LogP contribution in [-0.4, -0.2) is 12.4 Å². The molecule has 0 aromatic heterocycles. The molecular formula is C16H20F2O2. The predicted octanol–water partition coefficient (Wildman–Crippen LogP) is 4.54. The number of ether oxygens (including phenoxy) is 1. The molecule has 1 aliphatic rings. The van der Waals surface area contributed by atoms with Crippen molar-refractivity contribution in [3.8, 4) is 5.75 Å². The number of carbonyl (C=O) groups is 1. The van der Waals surface area contributed by atoms with Gasteiger partial charge in [0.1, 0.15) is 5.75 Å². The Morgan fingerprint density at radius 1 is 1.10 bits per heavy atom. The molecule has 2 atom stereocenters. The fourth-order valence-electron chi connectivity index (χ4n) is 3.20. The minimum atomic E-state index is -2.84. The second-order valence-corrected chi connectivity index (χ2v) is 5.88. The summed E-state index contributed by atoms with van der Waals surface area (Å²) in [5.74, 6) is 1.38. The lowest BCUT2D eigenvalue weighted by molar-refractivity contribution is -0.0498. The zero-order valence-corrected chi connectivity index (χ0v) is 11.8. The molecule has 1 aliphatic carbocycles. The summed E-state index contributed by atoms with van der Waals surface area (Å²) in [5.41, 5.74) is 0.581. The average molecular weight is 282 g/mol. The second-order valence-electron chi connectivity index (χ2n) is 5.88. The molecule has 0 saturated heterocycles. The highest BCUT2D eigenvalue weighted by atomic mass is 19.3. The van der Waals surface area contributed by atoms with Crippen molar-refractivity contribution in [2.24, 2.45) is 17.8 Å². The number of hydrogen-bond donors (Lipinski definition) is 0. The molecule has 2 rings (SSSR count). The maximum Gasteiger partial charge on any atom is 0.387 e. The van der Waals surface area contributed by atoms with E-state index in [0.29, 0.717) is 17.4 Å². The number of halogens is 2. The zero-order chi connectivity index (χ0) is 14.7. The maximum atomic E-state index is 12.4. The van der Waals surface area contributed by atoms with Gasteiger partial charge < -0.3 is 4.74 Å². The fraction of sp³-hybridized carbons (Fsp3) is 0.562. The van der Waals surface area contributed by atoms with Gasteiger partial charge in [-0.2, -0.15) is 8.78 Å². The summed E-state index contributed by atoms with van der Waals surface area (Å²) < 4.78 is 28.4. The highest BCUT2D eigenvalue weighted by Crippen LogP contribution is 2.34. The molecule has 0 radical (unpaired) electrons. The fourth-order valence-corrected chi connectivity index (χ4v) is 3.20. The van der Waals surface area contributed by atoms with Gasteiger partial charge in [0.05, 0.1) is 0 Å². The van der Waals surface area contributed by atoms with E-state index in [1.807, 2.05) is 0 Å². The molecule has 1 saturated carbocycles. The third kappa shape index (κ3) is 3.78. The molecule has 1 fully saturated rings. The Balaban J connectivity index is 2.05. The van der Waals surface area contributed by atoms with E-state index in [1.165, 1.54) is 18.6 Å². The van der Waals surface area contributed by atoms with E-state index in [2.05, 4.69) is 18.6 Å². The van der Waals surface area contributed by atoms with Crippen molar-refractivity contribution in [3.05, 3.63) is 29.8 Å². The van der Waals surface area contributed by atoms with Crippen molar-refractivity contribution in [2.45, 2.75) is 39.7 Å². The Kier molecular flexibility index (Phi) is 4.73. The monoisotopic (exact) mass is 282 g/mol. The summed E-state index contributed by atoms with van der Waals surface area (Å²) in [6.45, 7) is 1.52. The normalized spacial score (nSPS) is 26.6. The lowest BCUT2D eigenvalue weighted by Gasteiger charge is -2.30. The van der Waals surface area contributed by atoms with Crippen LogP contribution in [0.1, 0.15) is 43.5 Å². The van der Waals surface area contributed by atoms with Gasteiger partial charge in [0.25, 0.3) is 0 Å². The molecule has 0 amide bonds. The summed E-state index contributed by atoms with van der Waals surface area (Å²) in [5, 5.41) is 0. The van der Waals surface area contributed by atoms with E-state index in [9.17, 15) is 13.6 Å². The quantitative estimate of drug-likeness (QED) is 0.758. The van der Waals surface area contributed by atoms with Crippen LogP contribution < -0.4 is 4.74 Å². The van der Waals surface area contributed by atoms with Crippen molar-refractivity contribution in [1.29, 1.82) is 0 Å². The smallest absolute Gasteiger partial charge is 0.387 e. The molecule has 0 bridgehead atoms. The molecular weight excluding hydrogens is 262 g/mol. The van der Waals surface area contributed by atoms with Crippen LogP contribution in [0.4, 0.5) is 8.78 Å². The van der Waals surface area contributed by atoms with Crippen molar-refractivity contribution in [3.63, 3.8) is 0 Å². The first-order valence-electron chi connectivity index (χ1n) is 7.04. The SMILES string of the molecule is CC1CC(C)CC(C(=O)c2ccc(OC(F)F)cc2)C1. The van der Waals surface area contributed by atoms with Crippen LogP contribution in [0, 0.1) is 17.8 Å². The van der Waals surface area contributed by atoms with Crippen LogP contribution in [0.25, 0.3) is 0 Å². The second kappa shape index (κ2) is 6.33. The number of alkyl halides is 2. The molecule has 1 aromatic rings. The molecule has 2 unspecified atom stereocenters. The van der Waals surface area contributed by atoms with Gasteiger partial charge in [-0.05, 0) is 55.4 Å². The Hall–Kier alpha value is -1.45. The summed E-state index contributed by atoms with van der Waals surface area (Å²) >= 11 is 0. The summed E-state index contributed by atoms with van der Waals surface area (Å²) in [7, 11) is 0. The van der Waals surface area contributed by atoms with E-state index < -0.39 is 6.61 Å². The standard InChI is InChI=1S/C16H20F2O2/c1-10-7-11(2)9-13(8-10)15(19)12-3-5-14(6-4-12)20-16(17)18/h3-6,10-11,13,16H,7-9H2,1-2H3. The number of carbonyl (C=O) groups excluding carboxylic acids is 1. The molecule has 20 heavy (non-hydrogen) atoms. The van der Waals surface area contributed by atoms with Crippen molar-refractivity contribution < 1.29 is 18.3 Å². The number of benzene rings is 1. The van der Waals surface area contributed by atoms with Crippen LogP contribution >= 0.6 is 0 Å². The summed E-state index contributed by atoms with van der Waals surface area (Å²) in [6.07, 6.45) is 3.00. The summed E-state index contributed by atoms with van der Waals surface area (Å²) in [4.78, 5) is 12.4. The van der Waals surface area contributed by atoms with E-state index in [-0.39, 0.29) is 17.5 Å². The largest absolute Gasteiger partial charge is 0.435 e. The lowest BCUT2D eigenvalue weighted by atomic mass is 9.74. The number of Topliss-reactive ketones (excluding diaryl/α,β-unsaturated/α-hetero) is 1. The van der Waals surface area contributed by atoms with Crippen molar-refractivity contribution in [1.82, 2.24) is 0 Å². The van der Waals surface area contributed by atoms with E-state index >= 15 is 0 Å². The first-order chi connectivity index (χ1) is 9.45. The zero-order valence-electron chi connectivity index (χ0n) is 11.8. The van der Waals surface area contributed by atoms with Crippen LogP contribution in [0.15, 0.2) is 24.3 Å². The van der Waals surface area contributed by atoms with Gasteiger partial charge in [0.15, 0.2) is 5.78 Å². The van der Waals surface area contributed by atoms with Gasteiger partial charge in [-0.15, -0.1) is 0 Å². The molecule has 0 spiro atoms. The van der Waals surface area contributed by atoms with Gasteiger partial charge in [0, 0.05) is 11.5 Å². The van der Waals surface area contributed by atoms with Crippen LogP contribution in [-0.2, 0) is 0 Å².